The van der Waals surface area contributed by atoms with Crippen LogP contribution in [0.15, 0.2) is 69.6 Å². The summed E-state index contributed by atoms with van der Waals surface area (Å²) >= 11 is 3.42. The third-order valence-electron chi connectivity index (χ3n) is 4.39. The Morgan fingerprint density at radius 2 is 1.79 bits per heavy atom. The van der Waals surface area contributed by atoms with Gasteiger partial charge in [-0.25, -0.2) is 4.98 Å². The van der Waals surface area contributed by atoms with Crippen LogP contribution in [0.25, 0.3) is 22.6 Å². The molecule has 6 nitrogen and oxygen atoms in total. The molecule has 0 atom stereocenters. The molecule has 0 unspecified atom stereocenters. The van der Waals surface area contributed by atoms with Crippen LogP contribution >= 0.6 is 15.9 Å². The molecule has 1 heterocycles. The molecular weight excluding hydrogens is 436 g/mol. The van der Waals surface area contributed by atoms with Gasteiger partial charge in [0.25, 0.3) is 5.91 Å². The summed E-state index contributed by atoms with van der Waals surface area (Å²) in [6.45, 7) is 0. The van der Waals surface area contributed by atoms with E-state index >= 15 is 0 Å². The second-order valence-corrected chi connectivity index (χ2v) is 7.14. The Morgan fingerprint density at radius 1 is 1.00 bits per heavy atom. The molecule has 146 valence electrons. The number of nitrogens with one attached hydrogen (secondary N) is 1. The fourth-order valence-corrected chi connectivity index (χ4v) is 3.17. The minimum atomic E-state index is -0.291. The van der Waals surface area contributed by atoms with Gasteiger partial charge in [-0.2, -0.15) is 0 Å². The van der Waals surface area contributed by atoms with Crippen molar-refractivity contribution in [2.45, 2.75) is 0 Å². The number of rotatable bonds is 5. The minimum Gasteiger partial charge on any atom is -0.497 e. The number of fused-ring (bicyclic) bond motifs is 1. The van der Waals surface area contributed by atoms with Crippen molar-refractivity contribution in [3.05, 3.63) is 70.7 Å². The van der Waals surface area contributed by atoms with E-state index < -0.39 is 0 Å². The van der Waals surface area contributed by atoms with E-state index in [1.54, 1.807) is 43.5 Å². The third-order valence-corrected chi connectivity index (χ3v) is 4.92. The highest BCUT2D eigenvalue weighted by atomic mass is 79.9. The SMILES string of the molecule is COc1ccc(C(=O)Nc2ccc3oc(-c4ccc(Br)cc4)nc3c2)c(OC)c1. The van der Waals surface area contributed by atoms with E-state index in [0.717, 1.165) is 10.0 Å². The monoisotopic (exact) mass is 452 g/mol. The fourth-order valence-electron chi connectivity index (χ4n) is 2.91. The molecule has 1 amide bonds. The van der Waals surface area contributed by atoms with Crippen LogP contribution in [-0.2, 0) is 0 Å². The van der Waals surface area contributed by atoms with Gasteiger partial charge in [0.2, 0.25) is 5.89 Å². The van der Waals surface area contributed by atoms with E-state index in [1.165, 1.54) is 7.11 Å². The average molecular weight is 453 g/mol. The topological polar surface area (TPSA) is 73.6 Å². The summed E-state index contributed by atoms with van der Waals surface area (Å²) < 4.78 is 17.3. The normalized spacial score (nSPS) is 10.7. The maximum atomic E-state index is 12.7. The Hall–Kier alpha value is -3.32. The first kappa shape index (κ1) is 19.0. The van der Waals surface area contributed by atoms with Crippen molar-refractivity contribution in [2.24, 2.45) is 0 Å². The first-order chi connectivity index (χ1) is 14.1. The second-order valence-electron chi connectivity index (χ2n) is 6.23. The number of ether oxygens (including phenoxy) is 2. The summed E-state index contributed by atoms with van der Waals surface area (Å²) in [7, 11) is 3.07. The van der Waals surface area contributed by atoms with Gasteiger partial charge >= 0.3 is 0 Å². The molecule has 0 radical (unpaired) electrons. The van der Waals surface area contributed by atoms with Crippen molar-refractivity contribution >= 4 is 38.6 Å². The fraction of sp³-hybridized carbons (Fsp3) is 0.0909. The molecule has 7 heteroatoms. The summed E-state index contributed by atoms with van der Waals surface area (Å²) in [5.74, 6) is 1.28. The molecule has 3 aromatic carbocycles. The molecule has 0 saturated heterocycles. The van der Waals surface area contributed by atoms with Crippen molar-refractivity contribution < 1.29 is 18.7 Å². The number of benzene rings is 3. The smallest absolute Gasteiger partial charge is 0.259 e. The van der Waals surface area contributed by atoms with Crippen LogP contribution in [0, 0.1) is 0 Å². The highest BCUT2D eigenvalue weighted by Gasteiger charge is 2.15. The number of methoxy groups -OCH3 is 2. The van der Waals surface area contributed by atoms with E-state index in [2.05, 4.69) is 26.2 Å². The Bertz CT molecular complexity index is 1190. The van der Waals surface area contributed by atoms with E-state index in [9.17, 15) is 4.79 Å². The summed E-state index contributed by atoms with van der Waals surface area (Å²) in [5.41, 5.74) is 3.18. The number of aromatic nitrogens is 1. The van der Waals surface area contributed by atoms with Gasteiger partial charge in [-0.05, 0) is 54.6 Å². The predicted molar refractivity (Wildman–Crippen MR) is 115 cm³/mol. The highest BCUT2D eigenvalue weighted by Crippen LogP contribution is 2.29. The van der Waals surface area contributed by atoms with E-state index in [1.807, 2.05) is 24.3 Å². The lowest BCUT2D eigenvalue weighted by Crippen LogP contribution is -2.13. The molecule has 0 aliphatic rings. The van der Waals surface area contributed by atoms with Gasteiger partial charge < -0.3 is 19.2 Å². The van der Waals surface area contributed by atoms with Crippen LogP contribution < -0.4 is 14.8 Å². The Kier molecular flexibility index (Phi) is 5.22. The summed E-state index contributed by atoms with van der Waals surface area (Å²) in [6.07, 6.45) is 0. The van der Waals surface area contributed by atoms with Crippen LogP contribution in [0.4, 0.5) is 5.69 Å². The molecule has 4 rings (SSSR count). The molecule has 4 aromatic rings. The van der Waals surface area contributed by atoms with Crippen LogP contribution in [0.1, 0.15) is 10.4 Å². The Balaban J connectivity index is 1.60. The van der Waals surface area contributed by atoms with Gasteiger partial charge in [-0.1, -0.05) is 15.9 Å². The van der Waals surface area contributed by atoms with E-state index in [4.69, 9.17) is 13.9 Å². The van der Waals surface area contributed by atoms with Gasteiger partial charge in [-0.15, -0.1) is 0 Å². The Morgan fingerprint density at radius 3 is 2.52 bits per heavy atom. The number of amides is 1. The van der Waals surface area contributed by atoms with Crippen LogP contribution in [-0.4, -0.2) is 25.1 Å². The molecule has 0 aliphatic carbocycles. The number of nitrogens with zero attached hydrogens (tertiary/aromatic N) is 1. The molecule has 0 fully saturated rings. The van der Waals surface area contributed by atoms with Crippen molar-refractivity contribution in [1.29, 1.82) is 0 Å². The largest absolute Gasteiger partial charge is 0.497 e. The number of hydrogen-bond acceptors (Lipinski definition) is 5. The van der Waals surface area contributed by atoms with Gasteiger partial charge in [-0.3, -0.25) is 4.79 Å². The number of carbonyl (C=O) groups is 1. The second kappa shape index (κ2) is 7.97. The number of hydrogen-bond donors (Lipinski definition) is 1. The zero-order valence-corrected chi connectivity index (χ0v) is 17.3. The van der Waals surface area contributed by atoms with Crippen molar-refractivity contribution in [3.63, 3.8) is 0 Å². The molecule has 1 N–H and O–H groups in total. The third kappa shape index (κ3) is 3.95. The summed E-state index contributed by atoms with van der Waals surface area (Å²) in [6, 6.07) is 18.1. The first-order valence-corrected chi connectivity index (χ1v) is 9.56. The van der Waals surface area contributed by atoms with Crippen LogP contribution in [0.3, 0.4) is 0 Å². The number of oxazole rings is 1. The number of carbonyl (C=O) groups excluding carboxylic acids is 1. The van der Waals surface area contributed by atoms with Gasteiger partial charge in [0.05, 0.1) is 19.8 Å². The van der Waals surface area contributed by atoms with E-state index in [0.29, 0.717) is 39.7 Å². The number of anilines is 1. The van der Waals surface area contributed by atoms with Crippen LogP contribution in [0.2, 0.25) is 0 Å². The lowest BCUT2D eigenvalue weighted by molar-refractivity contribution is 0.102. The summed E-state index contributed by atoms with van der Waals surface area (Å²) in [5, 5.41) is 2.87. The molecule has 0 bridgehead atoms. The molecule has 1 aromatic heterocycles. The van der Waals surface area contributed by atoms with Crippen molar-refractivity contribution in [2.75, 3.05) is 19.5 Å². The minimum absolute atomic E-state index is 0.291. The summed E-state index contributed by atoms with van der Waals surface area (Å²) in [4.78, 5) is 17.2. The highest BCUT2D eigenvalue weighted by molar-refractivity contribution is 9.10. The van der Waals surface area contributed by atoms with E-state index in [-0.39, 0.29) is 5.91 Å². The maximum Gasteiger partial charge on any atom is 0.259 e. The van der Waals surface area contributed by atoms with Crippen molar-refractivity contribution in [1.82, 2.24) is 4.98 Å². The lowest BCUT2D eigenvalue weighted by atomic mass is 10.1. The predicted octanol–water partition coefficient (Wildman–Crippen LogP) is 5.53. The van der Waals surface area contributed by atoms with Crippen LogP contribution in [0.5, 0.6) is 11.5 Å². The molecular formula is C22H17BrN2O4. The van der Waals surface area contributed by atoms with Gasteiger partial charge in [0.1, 0.15) is 17.0 Å². The maximum absolute atomic E-state index is 12.7. The first-order valence-electron chi connectivity index (χ1n) is 8.77. The number of halogens is 1. The van der Waals surface area contributed by atoms with Gasteiger partial charge in [0, 0.05) is 21.8 Å². The quantitative estimate of drug-likeness (QED) is 0.431. The molecule has 0 aliphatic heterocycles. The van der Waals surface area contributed by atoms with Crippen molar-refractivity contribution in [3.8, 4) is 23.0 Å². The average Bonchev–Trinajstić information content (AvgIpc) is 3.17. The zero-order valence-electron chi connectivity index (χ0n) is 15.7. The van der Waals surface area contributed by atoms with Gasteiger partial charge in [0.15, 0.2) is 5.58 Å². The molecule has 29 heavy (non-hydrogen) atoms. The molecule has 0 spiro atoms. The Labute approximate surface area is 175 Å². The molecule has 0 saturated carbocycles. The zero-order chi connectivity index (χ0) is 20.4. The standard InChI is InChI=1S/C22H17BrN2O4/c1-27-16-8-9-17(20(12-16)28-2)21(26)24-15-7-10-19-18(11-15)25-22(29-19)13-3-5-14(23)6-4-13/h3-12H,1-2H3,(H,24,26). The lowest BCUT2D eigenvalue weighted by Gasteiger charge is -2.10.